The van der Waals surface area contributed by atoms with E-state index in [4.69, 9.17) is 4.42 Å². The summed E-state index contributed by atoms with van der Waals surface area (Å²) in [6, 6.07) is 7.18. The standard InChI is InChI=1S/C21H21N3O4S/c1-27-20(25)18-9-8-15(28-18)13-29-19-16-6-2-3-7-17(16)24(21(26)23-19)12-14-5-4-10-22-11-14/h4-5,8-11H,2-3,6-7,12-13H2,1H3. The topological polar surface area (TPSA) is 87.2 Å². The Morgan fingerprint density at radius 3 is 2.93 bits per heavy atom. The molecule has 8 heteroatoms. The van der Waals surface area contributed by atoms with Crippen LogP contribution in [0.15, 0.2) is 50.9 Å². The van der Waals surface area contributed by atoms with Gasteiger partial charge < -0.3 is 9.15 Å². The largest absolute Gasteiger partial charge is 0.463 e. The number of carbonyl (C=O) groups excluding carboxylic acids is 1. The Hall–Kier alpha value is -2.87. The summed E-state index contributed by atoms with van der Waals surface area (Å²) in [4.78, 5) is 32.8. The van der Waals surface area contributed by atoms with E-state index >= 15 is 0 Å². The minimum Gasteiger partial charge on any atom is -0.463 e. The summed E-state index contributed by atoms with van der Waals surface area (Å²) >= 11 is 1.47. The van der Waals surface area contributed by atoms with Crippen LogP contribution < -0.4 is 5.69 Å². The number of pyridine rings is 1. The molecule has 1 aliphatic rings. The molecule has 0 fully saturated rings. The summed E-state index contributed by atoms with van der Waals surface area (Å²) in [5.74, 6) is 0.795. The number of esters is 1. The predicted octanol–water partition coefficient (Wildman–Crippen LogP) is 3.24. The molecule has 0 spiro atoms. The molecule has 7 nitrogen and oxygen atoms in total. The number of fused-ring (bicyclic) bond motifs is 1. The maximum atomic E-state index is 12.8. The van der Waals surface area contributed by atoms with Crippen molar-refractivity contribution in [1.29, 1.82) is 0 Å². The van der Waals surface area contributed by atoms with Crippen molar-refractivity contribution in [3.63, 3.8) is 0 Å². The predicted molar refractivity (Wildman–Crippen MR) is 108 cm³/mol. The van der Waals surface area contributed by atoms with Gasteiger partial charge in [-0.1, -0.05) is 17.8 Å². The Bertz CT molecular complexity index is 1080. The summed E-state index contributed by atoms with van der Waals surface area (Å²) < 4.78 is 12.0. The number of hydrogen-bond donors (Lipinski definition) is 0. The van der Waals surface area contributed by atoms with Crippen LogP contribution in [0.4, 0.5) is 0 Å². The third kappa shape index (κ3) is 4.27. The maximum Gasteiger partial charge on any atom is 0.373 e. The molecular weight excluding hydrogens is 390 g/mol. The van der Waals surface area contributed by atoms with Crippen molar-refractivity contribution >= 4 is 17.7 Å². The molecule has 150 valence electrons. The van der Waals surface area contributed by atoms with Crippen molar-refractivity contribution in [2.24, 2.45) is 0 Å². The van der Waals surface area contributed by atoms with Crippen LogP contribution in [0.1, 0.15) is 46.0 Å². The van der Waals surface area contributed by atoms with Crippen molar-refractivity contribution < 1.29 is 13.9 Å². The third-order valence-corrected chi connectivity index (χ3v) is 5.95. The number of hydrogen-bond acceptors (Lipinski definition) is 7. The van der Waals surface area contributed by atoms with Crippen LogP contribution >= 0.6 is 11.8 Å². The second-order valence-electron chi connectivity index (χ2n) is 6.83. The first-order chi connectivity index (χ1) is 14.2. The van der Waals surface area contributed by atoms with Gasteiger partial charge in [0.05, 0.1) is 19.4 Å². The quantitative estimate of drug-likeness (QED) is 0.350. The second-order valence-corrected chi connectivity index (χ2v) is 7.79. The lowest BCUT2D eigenvalue weighted by molar-refractivity contribution is 0.0563. The van der Waals surface area contributed by atoms with Crippen LogP contribution in [-0.4, -0.2) is 27.6 Å². The Balaban J connectivity index is 1.59. The fourth-order valence-electron chi connectivity index (χ4n) is 3.51. The molecule has 0 atom stereocenters. The van der Waals surface area contributed by atoms with Crippen LogP contribution in [0.5, 0.6) is 0 Å². The van der Waals surface area contributed by atoms with E-state index in [1.807, 2.05) is 12.1 Å². The molecule has 1 aliphatic carbocycles. The van der Waals surface area contributed by atoms with Crippen molar-refractivity contribution in [3.05, 3.63) is 75.5 Å². The number of ether oxygens (including phenoxy) is 1. The lowest BCUT2D eigenvalue weighted by atomic mass is 9.97. The highest BCUT2D eigenvalue weighted by Crippen LogP contribution is 2.31. The molecule has 0 unspecified atom stereocenters. The molecule has 0 radical (unpaired) electrons. The molecule has 3 heterocycles. The van der Waals surface area contributed by atoms with Crippen LogP contribution in [0.2, 0.25) is 0 Å². The van der Waals surface area contributed by atoms with E-state index in [0.29, 0.717) is 18.1 Å². The molecular formula is C21H21N3O4S. The first kappa shape index (κ1) is 19.4. The van der Waals surface area contributed by atoms with Gasteiger partial charge in [0, 0.05) is 23.7 Å². The molecule has 0 saturated carbocycles. The second kappa shape index (κ2) is 8.65. The minimum absolute atomic E-state index is 0.171. The molecule has 0 bridgehead atoms. The highest BCUT2D eigenvalue weighted by molar-refractivity contribution is 7.98. The van der Waals surface area contributed by atoms with Gasteiger partial charge >= 0.3 is 11.7 Å². The molecule has 0 aliphatic heterocycles. The van der Waals surface area contributed by atoms with E-state index in [2.05, 4.69) is 14.7 Å². The van der Waals surface area contributed by atoms with Gasteiger partial charge in [-0.3, -0.25) is 9.55 Å². The van der Waals surface area contributed by atoms with Crippen LogP contribution in [0.3, 0.4) is 0 Å². The smallest absolute Gasteiger partial charge is 0.373 e. The van der Waals surface area contributed by atoms with Crippen LogP contribution in [0, 0.1) is 0 Å². The van der Waals surface area contributed by atoms with Gasteiger partial charge in [-0.15, -0.1) is 0 Å². The van der Waals surface area contributed by atoms with Crippen molar-refractivity contribution in [3.8, 4) is 0 Å². The average Bonchev–Trinajstić information content (AvgIpc) is 3.24. The monoisotopic (exact) mass is 411 g/mol. The highest BCUT2D eigenvalue weighted by Gasteiger charge is 2.21. The van der Waals surface area contributed by atoms with Crippen LogP contribution in [0.25, 0.3) is 0 Å². The summed E-state index contributed by atoms with van der Waals surface area (Å²) in [5, 5.41) is 0.753. The number of furan rings is 1. The van der Waals surface area contributed by atoms with E-state index < -0.39 is 5.97 Å². The van der Waals surface area contributed by atoms with Gasteiger partial charge in [-0.2, -0.15) is 4.98 Å². The minimum atomic E-state index is -0.505. The molecule has 3 aromatic heterocycles. The first-order valence-electron chi connectivity index (χ1n) is 9.47. The van der Waals surface area contributed by atoms with E-state index in [1.54, 1.807) is 29.1 Å². The number of nitrogens with zero attached hydrogens (tertiary/aromatic N) is 3. The van der Waals surface area contributed by atoms with E-state index in [9.17, 15) is 9.59 Å². The normalized spacial score (nSPS) is 13.1. The molecule has 0 N–H and O–H groups in total. The Kier molecular flexibility index (Phi) is 5.80. The molecule has 3 aromatic rings. The van der Waals surface area contributed by atoms with E-state index in [-0.39, 0.29) is 11.4 Å². The fourth-order valence-corrected chi connectivity index (χ4v) is 4.48. The lowest BCUT2D eigenvalue weighted by Gasteiger charge is -2.22. The Morgan fingerprint density at radius 1 is 1.28 bits per heavy atom. The van der Waals surface area contributed by atoms with Gasteiger partial charge in [0.25, 0.3) is 0 Å². The SMILES string of the molecule is COC(=O)c1ccc(CSc2nc(=O)n(Cc3cccnc3)c3c2CCCC3)o1. The van der Waals surface area contributed by atoms with Gasteiger partial charge in [0.15, 0.2) is 0 Å². The van der Waals surface area contributed by atoms with E-state index in [1.165, 1.54) is 18.9 Å². The first-order valence-corrected chi connectivity index (χ1v) is 10.5. The number of methoxy groups -OCH3 is 1. The number of rotatable bonds is 6. The van der Waals surface area contributed by atoms with Crippen molar-refractivity contribution in [2.45, 2.75) is 43.0 Å². The Morgan fingerprint density at radius 2 is 2.14 bits per heavy atom. The zero-order valence-electron chi connectivity index (χ0n) is 16.1. The van der Waals surface area contributed by atoms with Gasteiger partial charge in [0.1, 0.15) is 10.8 Å². The van der Waals surface area contributed by atoms with Gasteiger partial charge in [-0.05, 0) is 49.4 Å². The lowest BCUT2D eigenvalue weighted by Crippen LogP contribution is -2.30. The number of aromatic nitrogens is 3. The summed E-state index contributed by atoms with van der Waals surface area (Å²) in [6.07, 6.45) is 7.42. The average molecular weight is 411 g/mol. The molecule has 0 saturated heterocycles. The third-order valence-electron chi connectivity index (χ3n) is 4.91. The maximum absolute atomic E-state index is 12.8. The zero-order chi connectivity index (χ0) is 20.2. The molecule has 0 amide bonds. The zero-order valence-corrected chi connectivity index (χ0v) is 16.9. The summed E-state index contributed by atoms with van der Waals surface area (Å²) in [5.41, 5.74) is 2.95. The highest BCUT2D eigenvalue weighted by atomic mass is 32.2. The molecule has 4 rings (SSSR count). The van der Waals surface area contributed by atoms with Gasteiger partial charge in [-0.25, -0.2) is 9.59 Å². The fraction of sp³-hybridized carbons (Fsp3) is 0.333. The Labute approximate surface area is 172 Å². The molecule has 0 aromatic carbocycles. The number of thioether (sulfide) groups is 1. The van der Waals surface area contributed by atoms with Crippen LogP contribution in [-0.2, 0) is 29.9 Å². The number of carbonyl (C=O) groups is 1. The van der Waals surface area contributed by atoms with E-state index in [0.717, 1.165) is 47.5 Å². The molecule has 29 heavy (non-hydrogen) atoms. The van der Waals surface area contributed by atoms with Gasteiger partial charge in [0.2, 0.25) is 5.76 Å². The van der Waals surface area contributed by atoms with Crippen molar-refractivity contribution in [2.75, 3.05) is 7.11 Å². The van der Waals surface area contributed by atoms with Crippen molar-refractivity contribution in [1.82, 2.24) is 14.5 Å². The summed E-state index contributed by atoms with van der Waals surface area (Å²) in [7, 11) is 1.32. The summed E-state index contributed by atoms with van der Waals surface area (Å²) in [6.45, 7) is 0.480.